The van der Waals surface area contributed by atoms with Gasteiger partial charge in [-0.3, -0.25) is 4.79 Å². The van der Waals surface area contributed by atoms with E-state index in [1.165, 1.54) is 0 Å². The third kappa shape index (κ3) is 5.49. The summed E-state index contributed by atoms with van der Waals surface area (Å²) in [6.07, 6.45) is 3.22. The van der Waals surface area contributed by atoms with E-state index >= 15 is 0 Å². The number of ether oxygens (including phenoxy) is 1. The van der Waals surface area contributed by atoms with Crippen LogP contribution < -0.4 is 15.8 Å². The second-order valence-electron chi connectivity index (χ2n) is 4.94. The molecule has 3 N–H and O–H groups in total. The monoisotopic (exact) mass is 288 g/mol. The summed E-state index contributed by atoms with van der Waals surface area (Å²) in [5, 5.41) is 3.00. The molecule has 0 saturated carbocycles. The maximum atomic E-state index is 12.2. The van der Waals surface area contributed by atoms with Gasteiger partial charge in [0.1, 0.15) is 5.75 Å². The van der Waals surface area contributed by atoms with Gasteiger partial charge in [0.2, 0.25) is 0 Å². The molecule has 0 aromatic heterocycles. The molecule has 1 rings (SSSR count). The van der Waals surface area contributed by atoms with Gasteiger partial charge < -0.3 is 15.8 Å². The first-order chi connectivity index (χ1) is 10.1. The lowest BCUT2D eigenvalue weighted by molar-refractivity contribution is 0.0938. The third-order valence-electron chi connectivity index (χ3n) is 3.15. The van der Waals surface area contributed by atoms with Crippen molar-refractivity contribution in [1.29, 1.82) is 0 Å². The average molecular weight is 288 g/mol. The highest BCUT2D eigenvalue weighted by Crippen LogP contribution is 2.19. The number of carbonyl (C=O) groups excluding carboxylic acids is 1. The Labute approximate surface area is 127 Å². The number of hydrogen-bond acceptors (Lipinski definition) is 3. The Morgan fingerprint density at radius 3 is 2.86 bits per heavy atom. The number of nitrogens with one attached hydrogen (secondary N) is 1. The molecule has 0 aliphatic heterocycles. The Kier molecular flexibility index (Phi) is 7.34. The van der Waals surface area contributed by atoms with Crippen LogP contribution in [0.2, 0.25) is 0 Å². The first-order valence-electron chi connectivity index (χ1n) is 7.30. The number of nitrogens with two attached hydrogens (primary N) is 1. The summed E-state index contributed by atoms with van der Waals surface area (Å²) >= 11 is 0. The minimum absolute atomic E-state index is 0.0861. The predicted molar refractivity (Wildman–Crippen MR) is 85.4 cm³/mol. The highest BCUT2D eigenvalue weighted by atomic mass is 16.5. The minimum atomic E-state index is -0.0861. The molecule has 1 unspecified atom stereocenters. The van der Waals surface area contributed by atoms with Crippen molar-refractivity contribution in [3.8, 4) is 17.6 Å². The largest absolute Gasteiger partial charge is 0.495 e. The van der Waals surface area contributed by atoms with Gasteiger partial charge in [0.05, 0.1) is 19.2 Å². The van der Waals surface area contributed by atoms with E-state index in [-0.39, 0.29) is 18.5 Å². The van der Waals surface area contributed by atoms with Crippen LogP contribution in [-0.2, 0) is 0 Å². The van der Waals surface area contributed by atoms with Crippen molar-refractivity contribution >= 4 is 5.91 Å². The van der Waals surface area contributed by atoms with Crippen LogP contribution >= 0.6 is 0 Å². The Bertz CT molecular complexity index is 529. The minimum Gasteiger partial charge on any atom is -0.495 e. The van der Waals surface area contributed by atoms with E-state index in [4.69, 9.17) is 10.5 Å². The molecule has 0 radical (unpaired) electrons. The van der Waals surface area contributed by atoms with Crippen molar-refractivity contribution in [2.24, 2.45) is 5.73 Å². The summed E-state index contributed by atoms with van der Waals surface area (Å²) in [7, 11) is 1.58. The molecular formula is C17H24N2O2. The Balaban J connectivity index is 2.85. The highest BCUT2D eigenvalue weighted by molar-refractivity contribution is 5.95. The lowest BCUT2D eigenvalue weighted by Gasteiger charge is -2.14. The number of methoxy groups -OCH3 is 1. The van der Waals surface area contributed by atoms with Crippen LogP contribution in [0.15, 0.2) is 18.2 Å². The molecular weight excluding hydrogens is 264 g/mol. The molecule has 0 spiro atoms. The number of benzene rings is 1. The smallest absolute Gasteiger partial charge is 0.251 e. The summed E-state index contributed by atoms with van der Waals surface area (Å²) in [5.74, 6) is 6.27. The fourth-order valence-electron chi connectivity index (χ4n) is 1.98. The second-order valence-corrected chi connectivity index (χ2v) is 4.94. The summed E-state index contributed by atoms with van der Waals surface area (Å²) in [5.41, 5.74) is 6.65. The molecule has 0 aliphatic carbocycles. The first-order valence-corrected chi connectivity index (χ1v) is 7.30. The third-order valence-corrected chi connectivity index (χ3v) is 3.15. The fourth-order valence-corrected chi connectivity index (χ4v) is 1.98. The van der Waals surface area contributed by atoms with Crippen LogP contribution in [0.25, 0.3) is 0 Å². The number of carbonyl (C=O) groups is 1. The molecule has 0 heterocycles. The average Bonchev–Trinajstić information content (AvgIpc) is 2.50. The lowest BCUT2D eigenvalue weighted by atomic mass is 10.1. The van der Waals surface area contributed by atoms with Gasteiger partial charge in [-0.05, 0) is 31.5 Å². The van der Waals surface area contributed by atoms with Crippen LogP contribution in [0.4, 0.5) is 0 Å². The van der Waals surface area contributed by atoms with E-state index in [0.717, 1.165) is 19.3 Å². The van der Waals surface area contributed by atoms with E-state index in [1.807, 2.05) is 6.92 Å². The van der Waals surface area contributed by atoms with E-state index in [2.05, 4.69) is 24.1 Å². The van der Waals surface area contributed by atoms with Gasteiger partial charge >= 0.3 is 0 Å². The van der Waals surface area contributed by atoms with Gasteiger partial charge in [0.15, 0.2) is 0 Å². The summed E-state index contributed by atoms with van der Waals surface area (Å²) in [4.78, 5) is 12.2. The molecule has 1 aromatic rings. The summed E-state index contributed by atoms with van der Waals surface area (Å²) in [6, 6.07) is 5.40. The quantitative estimate of drug-likeness (QED) is 0.790. The van der Waals surface area contributed by atoms with Crippen molar-refractivity contribution in [2.75, 3.05) is 13.7 Å². The zero-order chi connectivity index (χ0) is 15.7. The first kappa shape index (κ1) is 17.1. The van der Waals surface area contributed by atoms with Crippen molar-refractivity contribution in [3.05, 3.63) is 29.3 Å². The molecule has 0 saturated heterocycles. The molecule has 0 aliphatic rings. The lowest BCUT2D eigenvalue weighted by Crippen LogP contribution is -2.32. The number of hydrogen-bond donors (Lipinski definition) is 2. The Morgan fingerprint density at radius 1 is 1.48 bits per heavy atom. The summed E-state index contributed by atoms with van der Waals surface area (Å²) in [6.45, 7) is 4.43. The van der Waals surface area contributed by atoms with Crippen LogP contribution in [0.3, 0.4) is 0 Å². The fraction of sp³-hybridized carbons (Fsp3) is 0.471. The predicted octanol–water partition coefficient (Wildman–Crippen LogP) is 2.31. The van der Waals surface area contributed by atoms with Gasteiger partial charge in [0.25, 0.3) is 5.91 Å². The van der Waals surface area contributed by atoms with Crippen LogP contribution in [-0.4, -0.2) is 25.6 Å². The number of unbranched alkanes of at least 4 members (excludes halogenated alkanes) is 1. The van der Waals surface area contributed by atoms with E-state index in [1.54, 1.807) is 25.3 Å². The van der Waals surface area contributed by atoms with Crippen LogP contribution in [0.5, 0.6) is 5.75 Å². The van der Waals surface area contributed by atoms with Crippen molar-refractivity contribution in [2.45, 2.75) is 39.2 Å². The van der Waals surface area contributed by atoms with Gasteiger partial charge in [-0.1, -0.05) is 31.6 Å². The van der Waals surface area contributed by atoms with E-state index in [0.29, 0.717) is 16.9 Å². The van der Waals surface area contributed by atoms with E-state index < -0.39 is 0 Å². The van der Waals surface area contributed by atoms with Crippen molar-refractivity contribution < 1.29 is 9.53 Å². The SMILES string of the molecule is CCCCC(C)NC(=O)c1ccc(OC)c(C#CCN)c1. The number of amides is 1. The van der Waals surface area contributed by atoms with Gasteiger partial charge in [-0.2, -0.15) is 0 Å². The van der Waals surface area contributed by atoms with Crippen molar-refractivity contribution in [3.63, 3.8) is 0 Å². The Hall–Kier alpha value is -1.99. The molecule has 1 aromatic carbocycles. The molecule has 0 bridgehead atoms. The van der Waals surface area contributed by atoms with Gasteiger partial charge in [0, 0.05) is 11.6 Å². The van der Waals surface area contributed by atoms with Crippen LogP contribution in [0, 0.1) is 11.8 Å². The molecule has 1 amide bonds. The highest BCUT2D eigenvalue weighted by Gasteiger charge is 2.11. The van der Waals surface area contributed by atoms with E-state index in [9.17, 15) is 4.79 Å². The molecule has 4 heteroatoms. The molecule has 0 fully saturated rings. The zero-order valence-electron chi connectivity index (χ0n) is 13.0. The topological polar surface area (TPSA) is 64.3 Å². The molecule has 114 valence electrons. The summed E-state index contributed by atoms with van der Waals surface area (Å²) < 4.78 is 5.24. The van der Waals surface area contributed by atoms with Crippen molar-refractivity contribution in [1.82, 2.24) is 5.32 Å². The standard InChI is InChI=1S/C17H24N2O2/c1-4-5-7-13(2)19-17(20)15-9-10-16(21-3)14(12-15)8-6-11-18/h9-10,12-13H,4-5,7,11,18H2,1-3H3,(H,19,20). The molecule has 1 atom stereocenters. The normalized spacial score (nSPS) is 11.2. The maximum absolute atomic E-state index is 12.2. The maximum Gasteiger partial charge on any atom is 0.251 e. The van der Waals surface area contributed by atoms with Crippen LogP contribution in [0.1, 0.15) is 49.0 Å². The van der Waals surface area contributed by atoms with Gasteiger partial charge in [-0.15, -0.1) is 0 Å². The zero-order valence-corrected chi connectivity index (χ0v) is 13.0. The molecule has 21 heavy (non-hydrogen) atoms. The number of rotatable bonds is 6. The van der Waals surface area contributed by atoms with Gasteiger partial charge in [-0.25, -0.2) is 0 Å². The Morgan fingerprint density at radius 2 is 2.24 bits per heavy atom. The molecule has 4 nitrogen and oxygen atoms in total. The second kappa shape index (κ2) is 9.04.